The van der Waals surface area contributed by atoms with Gasteiger partial charge in [-0.05, 0) is 93.7 Å². The van der Waals surface area contributed by atoms with Crippen molar-refractivity contribution in [3.05, 3.63) is 83.4 Å². The number of nitrogens with two attached hydrogens (primary N) is 1. The molecule has 354 valence electrons. The molecule has 3 amide bonds. The molecule has 0 aliphatic carbocycles. The van der Waals surface area contributed by atoms with Crippen LogP contribution < -0.4 is 19.7 Å². The zero-order valence-corrected chi connectivity index (χ0v) is 40.6. The highest BCUT2D eigenvalue weighted by molar-refractivity contribution is 7.92. The molecule has 2 heterocycles. The van der Waals surface area contributed by atoms with Crippen LogP contribution in [-0.2, 0) is 36.6 Å². The second kappa shape index (κ2) is 21.0. The number of primary amides is 1. The average molecular weight is 949 g/mol. The number of carbonyl (C=O) groups is 3. The molecule has 0 atom stereocenters. The molecule has 0 bridgehead atoms. The normalized spacial score (nSPS) is 15.7. The molecule has 64 heavy (non-hydrogen) atoms. The van der Waals surface area contributed by atoms with Crippen LogP contribution in [0.3, 0.4) is 0 Å². The molecule has 3 aromatic rings. The third-order valence-corrected chi connectivity index (χ3v) is 15.5. The van der Waals surface area contributed by atoms with E-state index < -0.39 is 53.5 Å². The van der Waals surface area contributed by atoms with E-state index in [9.17, 15) is 44.7 Å². The third kappa shape index (κ3) is 13.9. The number of carboxylic acid groups (broad SMARTS) is 1. The lowest BCUT2D eigenvalue weighted by Gasteiger charge is -2.44. The Morgan fingerprint density at radius 2 is 1.34 bits per heavy atom. The smallest absolute Gasteiger partial charge is 0.407 e. The summed E-state index contributed by atoms with van der Waals surface area (Å²) in [6, 6.07) is 17.3. The number of sulfonamides is 3. The van der Waals surface area contributed by atoms with Crippen LogP contribution in [0, 0.1) is 11.8 Å². The molecule has 21 heteroatoms. The first-order chi connectivity index (χ1) is 29.6. The van der Waals surface area contributed by atoms with Gasteiger partial charge in [0, 0.05) is 83.6 Å². The number of carbonyl (C=O) groups excluding carboxylic acids is 2. The first kappa shape index (κ1) is 51.8. The minimum atomic E-state index is -3.70. The fourth-order valence-electron chi connectivity index (χ4n) is 7.22. The van der Waals surface area contributed by atoms with Crippen LogP contribution in [0.5, 0.6) is 0 Å². The predicted molar refractivity (Wildman–Crippen MR) is 250 cm³/mol. The number of amides is 3. The summed E-state index contributed by atoms with van der Waals surface area (Å²) in [5.74, 6) is -0.417. The van der Waals surface area contributed by atoms with Crippen LogP contribution in [0.25, 0.3) is 0 Å². The summed E-state index contributed by atoms with van der Waals surface area (Å²) in [6.07, 6.45) is 2.24. The van der Waals surface area contributed by atoms with Gasteiger partial charge in [-0.2, -0.15) is 4.31 Å². The Morgan fingerprint density at radius 1 is 0.797 bits per heavy atom. The molecular weight excluding hydrogens is 885 g/mol. The summed E-state index contributed by atoms with van der Waals surface area (Å²) in [7, 11) is -8.01. The zero-order valence-electron chi connectivity index (χ0n) is 38.2. The molecule has 3 aromatic carbocycles. The van der Waals surface area contributed by atoms with Gasteiger partial charge in [0.1, 0.15) is 0 Å². The minimum absolute atomic E-state index is 0.141. The quantitative estimate of drug-likeness (QED) is 0.185. The largest absolute Gasteiger partial charge is 0.465 e. The van der Waals surface area contributed by atoms with Crippen molar-refractivity contribution in [2.24, 2.45) is 17.6 Å². The van der Waals surface area contributed by atoms with E-state index in [1.807, 2.05) is 20.8 Å². The van der Waals surface area contributed by atoms with E-state index in [2.05, 4.69) is 29.0 Å². The molecule has 0 saturated carbocycles. The Labute approximate surface area is 379 Å². The maximum absolute atomic E-state index is 13.6. The second-order valence-corrected chi connectivity index (χ2v) is 23.7. The molecule has 2 aliphatic rings. The van der Waals surface area contributed by atoms with Gasteiger partial charge in [-0.3, -0.25) is 23.1 Å². The van der Waals surface area contributed by atoms with Crippen molar-refractivity contribution in [1.82, 2.24) is 19.0 Å². The molecule has 2 aliphatic heterocycles. The van der Waals surface area contributed by atoms with Gasteiger partial charge in [-0.1, -0.05) is 32.0 Å². The van der Waals surface area contributed by atoms with E-state index in [-0.39, 0.29) is 33.3 Å². The van der Waals surface area contributed by atoms with Crippen molar-refractivity contribution >= 4 is 65.0 Å². The van der Waals surface area contributed by atoms with Crippen molar-refractivity contribution in [1.29, 1.82) is 0 Å². The topological polar surface area (TPSA) is 231 Å². The maximum atomic E-state index is 13.6. The average Bonchev–Trinajstić information content (AvgIpc) is 3.19. The van der Waals surface area contributed by atoms with Gasteiger partial charge >= 0.3 is 6.09 Å². The SMILES string of the molecule is CC(C)CCN1CCN(S(=O)(=O)c2ccc(NC(=O)c3cc(CN4CC(CN(C(=O)O)C(C)(C)C)C4)ccc3N(C)S(C)(=O)=O)cc2)CC1.CN(c1ccccc1C(N)=O)S(C)(=O)=O. The summed E-state index contributed by atoms with van der Waals surface area (Å²) < 4.78 is 77.7. The van der Waals surface area contributed by atoms with Gasteiger partial charge in [0.25, 0.3) is 11.8 Å². The van der Waals surface area contributed by atoms with Crippen molar-refractivity contribution in [2.75, 3.05) is 92.9 Å². The highest BCUT2D eigenvalue weighted by Gasteiger charge is 2.35. The molecule has 0 aromatic heterocycles. The molecular formula is C43H64N8O10S3. The first-order valence-electron chi connectivity index (χ1n) is 20.9. The molecule has 4 N–H and O–H groups in total. The van der Waals surface area contributed by atoms with Gasteiger partial charge in [-0.25, -0.2) is 30.0 Å². The van der Waals surface area contributed by atoms with E-state index in [1.165, 1.54) is 59.7 Å². The van der Waals surface area contributed by atoms with Gasteiger partial charge < -0.3 is 26.0 Å². The first-order valence-corrected chi connectivity index (χ1v) is 26.0. The fraction of sp³-hybridized carbons (Fsp3) is 0.512. The summed E-state index contributed by atoms with van der Waals surface area (Å²) in [4.78, 5) is 42.5. The lowest BCUT2D eigenvalue weighted by atomic mass is 9.95. The van der Waals surface area contributed by atoms with E-state index in [4.69, 9.17) is 5.73 Å². The van der Waals surface area contributed by atoms with Crippen LogP contribution in [0.4, 0.5) is 21.9 Å². The number of benzene rings is 3. The maximum Gasteiger partial charge on any atom is 0.407 e. The van der Waals surface area contributed by atoms with E-state index in [0.717, 1.165) is 39.7 Å². The second-order valence-electron chi connectivity index (χ2n) is 17.7. The van der Waals surface area contributed by atoms with Crippen molar-refractivity contribution in [3.63, 3.8) is 0 Å². The Hall–Kier alpha value is -4.80. The summed E-state index contributed by atoms with van der Waals surface area (Å²) in [6.45, 7) is 15.4. The van der Waals surface area contributed by atoms with Crippen molar-refractivity contribution in [2.45, 2.75) is 58.0 Å². The standard InChI is InChI=1S/C34H52N6O7S2.C9H12N2O3S/c1-25(2)14-15-37-16-18-39(19-17-37)49(46,47)29-11-9-28(10-12-29)35-32(41)30-20-26(8-13-31(30)36(6)48(7,44)45)21-38-22-27(23-38)24-40(33(42)43)34(3,4)5;1-11(15(2,13)14)8-6-4-3-5-7(8)9(10)12/h8-13,20,25,27H,14-19,21-24H2,1-7H3,(H,35,41)(H,42,43);3-6H,1-2H3,(H2,10,12). The molecule has 2 fully saturated rings. The number of hydrogen-bond donors (Lipinski definition) is 3. The van der Waals surface area contributed by atoms with Gasteiger partial charge in [0.2, 0.25) is 30.1 Å². The predicted octanol–water partition coefficient (Wildman–Crippen LogP) is 4.08. The van der Waals surface area contributed by atoms with Gasteiger partial charge in [0.15, 0.2) is 0 Å². The molecule has 5 rings (SSSR count). The van der Waals surface area contributed by atoms with E-state index >= 15 is 0 Å². The number of nitrogens with one attached hydrogen (secondary N) is 1. The number of nitrogens with zero attached hydrogens (tertiary/aromatic N) is 6. The monoisotopic (exact) mass is 948 g/mol. The molecule has 0 spiro atoms. The molecule has 2 saturated heterocycles. The zero-order chi connectivity index (χ0) is 47.9. The summed E-state index contributed by atoms with van der Waals surface area (Å²) in [5, 5.41) is 12.4. The van der Waals surface area contributed by atoms with Crippen molar-refractivity contribution in [3.8, 4) is 0 Å². The molecule has 0 unspecified atom stereocenters. The molecule has 0 radical (unpaired) electrons. The number of anilines is 3. The third-order valence-electron chi connectivity index (χ3n) is 11.2. The minimum Gasteiger partial charge on any atom is -0.465 e. The van der Waals surface area contributed by atoms with E-state index in [1.54, 1.807) is 30.3 Å². The lowest BCUT2D eigenvalue weighted by molar-refractivity contribution is 0.0330. The summed E-state index contributed by atoms with van der Waals surface area (Å²) >= 11 is 0. The van der Waals surface area contributed by atoms with Crippen molar-refractivity contribution < 1.29 is 44.7 Å². The van der Waals surface area contributed by atoms with Crippen LogP contribution in [0.15, 0.2) is 71.6 Å². The number of para-hydroxylation sites is 1. The van der Waals surface area contributed by atoms with Gasteiger partial charge in [-0.15, -0.1) is 0 Å². The summed E-state index contributed by atoms with van der Waals surface area (Å²) in [5.41, 5.74) is 6.62. The molecule has 18 nitrogen and oxygen atoms in total. The number of piperazine rings is 1. The number of hydrogen-bond acceptors (Lipinski definition) is 11. The number of rotatable bonds is 16. The highest BCUT2D eigenvalue weighted by atomic mass is 32.2. The Balaban J connectivity index is 0.000000506. The van der Waals surface area contributed by atoms with Crippen LogP contribution in [0.2, 0.25) is 0 Å². The lowest BCUT2D eigenvalue weighted by Crippen LogP contribution is -2.55. The fourth-order valence-corrected chi connectivity index (χ4v) is 9.68. The Morgan fingerprint density at radius 3 is 1.84 bits per heavy atom. The Kier molecular flexibility index (Phi) is 17.0. The van der Waals surface area contributed by atoms with Crippen LogP contribution >= 0.6 is 0 Å². The highest BCUT2D eigenvalue weighted by Crippen LogP contribution is 2.29. The van der Waals surface area contributed by atoms with Crippen LogP contribution in [0.1, 0.15) is 67.3 Å². The van der Waals surface area contributed by atoms with E-state index in [0.29, 0.717) is 64.0 Å². The van der Waals surface area contributed by atoms with Crippen LogP contribution in [-0.4, -0.2) is 152 Å². The Bertz CT molecular complexity index is 2460. The number of likely N-dealkylation sites (tertiary alicyclic amines) is 1. The van der Waals surface area contributed by atoms with Gasteiger partial charge in [0.05, 0.1) is 39.9 Å².